The van der Waals surface area contributed by atoms with Crippen molar-refractivity contribution in [1.29, 1.82) is 0 Å². The Balaban J connectivity index is 1.61. The first-order valence-electron chi connectivity index (χ1n) is 9.06. The molecule has 0 bridgehead atoms. The van der Waals surface area contributed by atoms with E-state index in [1.807, 2.05) is 18.2 Å². The minimum atomic E-state index is -0.160. The van der Waals surface area contributed by atoms with E-state index in [0.717, 1.165) is 11.1 Å². The zero-order chi connectivity index (χ0) is 19.4. The van der Waals surface area contributed by atoms with E-state index in [0.29, 0.717) is 11.6 Å². The normalized spacial score (nSPS) is 19.0. The fourth-order valence-electron chi connectivity index (χ4n) is 2.86. The first-order valence-corrected chi connectivity index (χ1v) is 9.94. The molecule has 1 atom stereocenters. The largest absolute Gasteiger partial charge is 0.303 e. The van der Waals surface area contributed by atoms with E-state index in [-0.39, 0.29) is 16.6 Å². The van der Waals surface area contributed by atoms with Crippen LogP contribution < -0.4 is 5.32 Å². The Morgan fingerprint density at radius 1 is 1.15 bits per heavy atom. The van der Waals surface area contributed by atoms with Crippen molar-refractivity contribution in [3.63, 3.8) is 0 Å². The van der Waals surface area contributed by atoms with Gasteiger partial charge in [-0.05, 0) is 35.4 Å². The molecule has 1 saturated heterocycles. The fraction of sp³-hybridized carbons (Fsp3) is 0.318. The highest BCUT2D eigenvalue weighted by molar-refractivity contribution is 8.15. The van der Waals surface area contributed by atoms with Gasteiger partial charge in [-0.2, -0.15) is 5.10 Å². The molecule has 4 nitrogen and oxygen atoms in total. The lowest BCUT2D eigenvalue weighted by Gasteiger charge is -2.18. The summed E-state index contributed by atoms with van der Waals surface area (Å²) in [5.74, 6) is -0.00927. The van der Waals surface area contributed by atoms with Crippen LogP contribution in [0.2, 0.25) is 0 Å². The maximum Gasteiger partial charge on any atom is 0.239 e. The van der Waals surface area contributed by atoms with Gasteiger partial charge in [0.25, 0.3) is 0 Å². The first-order chi connectivity index (χ1) is 12.8. The Hall–Kier alpha value is -2.40. The topological polar surface area (TPSA) is 53.8 Å². The van der Waals surface area contributed by atoms with Gasteiger partial charge in [0.15, 0.2) is 5.17 Å². The summed E-state index contributed by atoms with van der Waals surface area (Å²) in [6.45, 7) is 8.63. The number of hydrogen-bond acceptors (Lipinski definition) is 4. The molecular formula is C22H25N3OS. The van der Waals surface area contributed by atoms with Gasteiger partial charge in [-0.3, -0.25) is 4.79 Å². The Morgan fingerprint density at radius 3 is 2.56 bits per heavy atom. The highest BCUT2D eigenvalue weighted by Crippen LogP contribution is 2.24. The predicted molar refractivity (Wildman–Crippen MR) is 115 cm³/mol. The third-order valence-electron chi connectivity index (χ3n) is 4.41. The van der Waals surface area contributed by atoms with Gasteiger partial charge in [0.2, 0.25) is 5.91 Å². The standard InChI is InChI=1S/C22H25N3OS/c1-15-6-5-7-17(12-15)13-19-20(26)24-21(27-19)25-23-14-16-8-10-18(11-9-16)22(2,3)4/h5-12,14,19H,13H2,1-4H3,(H,24,25,26)/b23-14+. The number of hydrogen-bond donors (Lipinski definition) is 1. The van der Waals surface area contributed by atoms with Crippen LogP contribution in [0.15, 0.2) is 58.7 Å². The SMILES string of the molecule is Cc1cccc(CC2S/C(=N/N=C/c3ccc(C(C)(C)C)cc3)NC2=O)c1. The van der Waals surface area contributed by atoms with Crippen molar-refractivity contribution in [2.75, 3.05) is 0 Å². The molecule has 1 heterocycles. The predicted octanol–water partition coefficient (Wildman–Crippen LogP) is 4.46. The van der Waals surface area contributed by atoms with Crippen molar-refractivity contribution >= 4 is 29.1 Å². The number of aryl methyl sites for hydroxylation is 1. The number of nitrogens with zero attached hydrogens (tertiary/aromatic N) is 2. The first kappa shape index (κ1) is 19.4. The van der Waals surface area contributed by atoms with Gasteiger partial charge >= 0.3 is 0 Å². The second-order valence-electron chi connectivity index (χ2n) is 7.81. The summed E-state index contributed by atoms with van der Waals surface area (Å²) in [5, 5.41) is 11.5. The molecule has 1 amide bonds. The lowest BCUT2D eigenvalue weighted by atomic mass is 9.87. The third-order valence-corrected chi connectivity index (χ3v) is 5.48. The zero-order valence-corrected chi connectivity index (χ0v) is 17.0. The number of carbonyl (C=O) groups excluding carboxylic acids is 1. The average Bonchev–Trinajstić information content (AvgIpc) is 2.94. The smallest absolute Gasteiger partial charge is 0.239 e. The van der Waals surface area contributed by atoms with Gasteiger partial charge in [-0.15, -0.1) is 5.10 Å². The third kappa shape index (κ3) is 5.30. The Morgan fingerprint density at radius 2 is 1.89 bits per heavy atom. The fourth-order valence-corrected chi connectivity index (χ4v) is 3.82. The van der Waals surface area contributed by atoms with Crippen LogP contribution >= 0.6 is 11.8 Å². The molecule has 3 rings (SSSR count). The van der Waals surface area contributed by atoms with E-state index in [2.05, 4.69) is 73.5 Å². The van der Waals surface area contributed by atoms with Crippen LogP contribution in [0.25, 0.3) is 0 Å². The molecule has 2 aromatic carbocycles. The van der Waals surface area contributed by atoms with Gasteiger partial charge in [0.1, 0.15) is 0 Å². The summed E-state index contributed by atoms with van der Waals surface area (Å²) in [6.07, 6.45) is 2.40. The number of carbonyl (C=O) groups is 1. The van der Waals surface area contributed by atoms with Crippen molar-refractivity contribution in [3.8, 4) is 0 Å². The molecule has 27 heavy (non-hydrogen) atoms. The van der Waals surface area contributed by atoms with Crippen molar-refractivity contribution < 1.29 is 4.79 Å². The highest BCUT2D eigenvalue weighted by atomic mass is 32.2. The number of nitrogens with one attached hydrogen (secondary N) is 1. The van der Waals surface area contributed by atoms with Crippen LogP contribution in [0.3, 0.4) is 0 Å². The summed E-state index contributed by atoms with van der Waals surface area (Å²) >= 11 is 1.44. The lowest BCUT2D eigenvalue weighted by Crippen LogP contribution is -2.25. The van der Waals surface area contributed by atoms with Crippen LogP contribution in [0.1, 0.15) is 43.0 Å². The van der Waals surface area contributed by atoms with Crippen LogP contribution in [-0.4, -0.2) is 22.5 Å². The molecule has 0 saturated carbocycles. The number of thioether (sulfide) groups is 1. The quantitative estimate of drug-likeness (QED) is 0.630. The number of amidine groups is 1. The molecule has 1 unspecified atom stereocenters. The molecule has 0 aliphatic carbocycles. The molecule has 0 aromatic heterocycles. The van der Waals surface area contributed by atoms with Crippen molar-refractivity contribution in [1.82, 2.24) is 5.32 Å². The van der Waals surface area contributed by atoms with Gasteiger partial charge in [0.05, 0.1) is 11.5 Å². The molecule has 1 aliphatic rings. The Kier molecular flexibility index (Phi) is 5.80. The summed E-state index contributed by atoms with van der Waals surface area (Å²) in [6, 6.07) is 16.5. The van der Waals surface area contributed by atoms with Crippen LogP contribution in [0.4, 0.5) is 0 Å². The van der Waals surface area contributed by atoms with Gasteiger partial charge < -0.3 is 5.32 Å². The maximum atomic E-state index is 12.2. The Bertz CT molecular complexity index is 879. The van der Waals surface area contributed by atoms with Gasteiger partial charge in [0, 0.05) is 0 Å². The number of benzene rings is 2. The van der Waals surface area contributed by atoms with E-state index in [1.165, 1.54) is 22.9 Å². The van der Waals surface area contributed by atoms with E-state index in [4.69, 9.17) is 0 Å². The van der Waals surface area contributed by atoms with Gasteiger partial charge in [-0.1, -0.05) is 86.6 Å². The summed E-state index contributed by atoms with van der Waals surface area (Å²) in [4.78, 5) is 12.2. The summed E-state index contributed by atoms with van der Waals surface area (Å²) in [5.41, 5.74) is 4.76. The van der Waals surface area contributed by atoms with Crippen molar-refractivity contribution in [2.45, 2.75) is 44.8 Å². The summed E-state index contributed by atoms with van der Waals surface area (Å²) in [7, 11) is 0. The molecule has 1 aliphatic heterocycles. The molecule has 0 spiro atoms. The molecule has 1 fully saturated rings. The van der Waals surface area contributed by atoms with E-state index in [1.54, 1.807) is 6.21 Å². The number of amides is 1. The van der Waals surface area contributed by atoms with E-state index in [9.17, 15) is 4.79 Å². The van der Waals surface area contributed by atoms with Crippen LogP contribution in [0, 0.1) is 6.92 Å². The molecule has 1 N–H and O–H groups in total. The monoisotopic (exact) mass is 379 g/mol. The van der Waals surface area contributed by atoms with Crippen molar-refractivity contribution in [3.05, 3.63) is 70.8 Å². The zero-order valence-electron chi connectivity index (χ0n) is 16.2. The maximum absolute atomic E-state index is 12.2. The molecular weight excluding hydrogens is 354 g/mol. The molecule has 0 radical (unpaired) electrons. The van der Waals surface area contributed by atoms with Crippen molar-refractivity contribution in [2.24, 2.45) is 10.2 Å². The molecule has 140 valence electrons. The Labute approximate surface area is 165 Å². The van der Waals surface area contributed by atoms with Crippen LogP contribution in [0.5, 0.6) is 0 Å². The second-order valence-corrected chi connectivity index (χ2v) is 9.00. The second kappa shape index (κ2) is 8.09. The molecule has 2 aromatic rings. The minimum Gasteiger partial charge on any atom is -0.303 e. The molecule has 5 heteroatoms. The van der Waals surface area contributed by atoms with E-state index >= 15 is 0 Å². The summed E-state index contributed by atoms with van der Waals surface area (Å²) < 4.78 is 0. The van der Waals surface area contributed by atoms with Crippen LogP contribution in [-0.2, 0) is 16.6 Å². The van der Waals surface area contributed by atoms with Gasteiger partial charge in [-0.25, -0.2) is 0 Å². The average molecular weight is 380 g/mol. The minimum absolute atomic E-state index is 0.00927. The van der Waals surface area contributed by atoms with E-state index < -0.39 is 0 Å². The lowest BCUT2D eigenvalue weighted by molar-refractivity contribution is -0.118. The number of rotatable bonds is 4. The highest BCUT2D eigenvalue weighted by Gasteiger charge is 2.30.